The third-order valence-corrected chi connectivity index (χ3v) is 2.90. The molecule has 0 spiro atoms. The summed E-state index contributed by atoms with van der Waals surface area (Å²) in [4.78, 5) is 11.2. The number of carbonyl (C=O) groups excluding carboxylic acids is 1. The van der Waals surface area contributed by atoms with Gasteiger partial charge in [0.2, 0.25) is 0 Å². The van der Waals surface area contributed by atoms with Crippen molar-refractivity contribution in [3.63, 3.8) is 0 Å². The minimum absolute atomic E-state index is 0.210. The van der Waals surface area contributed by atoms with Gasteiger partial charge >= 0.3 is 5.97 Å². The second kappa shape index (κ2) is 9.37. The van der Waals surface area contributed by atoms with Crippen molar-refractivity contribution in [1.29, 1.82) is 0 Å². The van der Waals surface area contributed by atoms with E-state index in [-0.39, 0.29) is 12.1 Å². The van der Waals surface area contributed by atoms with Crippen LogP contribution >= 0.6 is 0 Å². The normalized spacial score (nSPS) is 12.8. The number of furan rings is 1. The van der Waals surface area contributed by atoms with Gasteiger partial charge in [0.15, 0.2) is 0 Å². The Bertz CT molecular complexity index is 418. The maximum atomic E-state index is 11.2. The fraction of sp³-hybridized carbons (Fsp3) is 0.562. The molecule has 0 saturated carbocycles. The summed E-state index contributed by atoms with van der Waals surface area (Å²) in [5, 5.41) is 9.15. The summed E-state index contributed by atoms with van der Waals surface area (Å²) >= 11 is 0. The molecule has 1 N–H and O–H groups in total. The molecule has 0 radical (unpaired) electrons. The van der Waals surface area contributed by atoms with E-state index in [9.17, 15) is 4.79 Å². The highest BCUT2D eigenvalue weighted by molar-refractivity contribution is 5.86. The molecular formula is C16H24O4. The van der Waals surface area contributed by atoms with Crippen molar-refractivity contribution in [3.8, 4) is 0 Å². The lowest BCUT2D eigenvalue weighted by Gasteiger charge is -2.02. The molecule has 0 aliphatic heterocycles. The van der Waals surface area contributed by atoms with Gasteiger partial charge in [-0.05, 0) is 44.9 Å². The molecule has 0 bridgehead atoms. The lowest BCUT2D eigenvalue weighted by atomic mass is 10.1. The first-order valence-electron chi connectivity index (χ1n) is 7.23. The van der Waals surface area contributed by atoms with Crippen molar-refractivity contribution in [2.75, 3.05) is 6.61 Å². The standard InChI is InChI=1S/C16H24O4/c1-3-19-16(18)12-11-15-10-9-14(20-15)8-6-4-5-7-13(2)17/h9-13,17H,3-8H2,1-2H3/b12-11+/t13-/m0/s1. The number of hydrogen-bond donors (Lipinski definition) is 1. The van der Waals surface area contributed by atoms with Crippen molar-refractivity contribution in [1.82, 2.24) is 0 Å². The topological polar surface area (TPSA) is 59.7 Å². The SMILES string of the molecule is CCOC(=O)/C=C/c1ccc(CCCCC[C@H](C)O)o1. The molecular weight excluding hydrogens is 256 g/mol. The molecule has 0 aromatic carbocycles. The number of carbonyl (C=O) groups is 1. The minimum Gasteiger partial charge on any atom is -0.463 e. The number of aryl methyl sites for hydroxylation is 1. The van der Waals surface area contributed by atoms with E-state index in [2.05, 4.69) is 0 Å². The lowest BCUT2D eigenvalue weighted by molar-refractivity contribution is -0.137. The fourth-order valence-corrected chi connectivity index (χ4v) is 1.87. The van der Waals surface area contributed by atoms with Gasteiger partial charge in [0.1, 0.15) is 11.5 Å². The highest BCUT2D eigenvalue weighted by Gasteiger charge is 2.02. The summed E-state index contributed by atoms with van der Waals surface area (Å²) in [5.41, 5.74) is 0. The zero-order valence-electron chi connectivity index (χ0n) is 12.3. The average molecular weight is 280 g/mol. The Kier molecular flexibility index (Phi) is 7.73. The van der Waals surface area contributed by atoms with Gasteiger partial charge in [-0.1, -0.05) is 12.8 Å². The van der Waals surface area contributed by atoms with Gasteiger partial charge in [-0.2, -0.15) is 0 Å². The monoisotopic (exact) mass is 280 g/mol. The van der Waals surface area contributed by atoms with E-state index in [4.69, 9.17) is 14.3 Å². The summed E-state index contributed by atoms with van der Waals surface area (Å²) in [7, 11) is 0. The van der Waals surface area contributed by atoms with Crippen molar-refractivity contribution < 1.29 is 19.1 Å². The summed E-state index contributed by atoms with van der Waals surface area (Å²) in [5.74, 6) is 1.23. The Hall–Kier alpha value is -1.55. The van der Waals surface area contributed by atoms with Gasteiger partial charge in [-0.25, -0.2) is 4.79 Å². The first kappa shape index (κ1) is 16.5. The summed E-state index contributed by atoms with van der Waals surface area (Å²) in [6.45, 7) is 3.96. The lowest BCUT2D eigenvalue weighted by Crippen LogP contribution is -1.98. The Labute approximate surface area is 120 Å². The number of rotatable bonds is 9. The molecule has 0 aliphatic carbocycles. The molecule has 0 aliphatic rings. The van der Waals surface area contributed by atoms with Gasteiger partial charge < -0.3 is 14.3 Å². The van der Waals surface area contributed by atoms with Crippen molar-refractivity contribution >= 4 is 12.0 Å². The van der Waals surface area contributed by atoms with Gasteiger partial charge in [-0.3, -0.25) is 0 Å². The van der Waals surface area contributed by atoms with Crippen LogP contribution in [-0.4, -0.2) is 23.8 Å². The molecule has 0 unspecified atom stereocenters. The number of hydrogen-bond acceptors (Lipinski definition) is 4. The van der Waals surface area contributed by atoms with E-state index in [1.807, 2.05) is 19.1 Å². The minimum atomic E-state index is -0.358. The third-order valence-electron chi connectivity index (χ3n) is 2.90. The Morgan fingerprint density at radius 2 is 2.20 bits per heavy atom. The van der Waals surface area contributed by atoms with E-state index in [1.54, 1.807) is 13.0 Å². The van der Waals surface area contributed by atoms with Crippen molar-refractivity contribution in [2.24, 2.45) is 0 Å². The second-order valence-electron chi connectivity index (χ2n) is 4.84. The highest BCUT2D eigenvalue weighted by atomic mass is 16.5. The van der Waals surface area contributed by atoms with Crippen LogP contribution in [-0.2, 0) is 16.0 Å². The van der Waals surface area contributed by atoms with Crippen LogP contribution in [0.1, 0.15) is 51.1 Å². The van der Waals surface area contributed by atoms with Crippen LogP contribution in [0.4, 0.5) is 0 Å². The molecule has 1 rings (SSSR count). The quantitative estimate of drug-likeness (QED) is 0.428. The molecule has 1 aromatic rings. The van der Waals surface area contributed by atoms with E-state index in [0.717, 1.165) is 37.9 Å². The second-order valence-corrected chi connectivity index (χ2v) is 4.84. The zero-order valence-corrected chi connectivity index (χ0v) is 12.3. The van der Waals surface area contributed by atoms with Crippen LogP contribution in [0.25, 0.3) is 6.08 Å². The van der Waals surface area contributed by atoms with Gasteiger partial charge in [0.05, 0.1) is 12.7 Å². The number of ether oxygens (including phenoxy) is 1. The fourth-order valence-electron chi connectivity index (χ4n) is 1.87. The molecule has 20 heavy (non-hydrogen) atoms. The van der Waals surface area contributed by atoms with Crippen LogP contribution in [0.15, 0.2) is 22.6 Å². The number of unbranched alkanes of at least 4 members (excludes halogenated alkanes) is 2. The molecule has 4 nitrogen and oxygen atoms in total. The zero-order chi connectivity index (χ0) is 14.8. The predicted octanol–water partition coefficient (Wildman–Crippen LogP) is 3.34. The molecule has 0 fully saturated rings. The molecule has 1 aromatic heterocycles. The molecule has 0 saturated heterocycles. The molecule has 0 amide bonds. The molecule has 1 atom stereocenters. The van der Waals surface area contributed by atoms with Crippen LogP contribution in [0, 0.1) is 0 Å². The van der Waals surface area contributed by atoms with Gasteiger partial charge in [0.25, 0.3) is 0 Å². The third kappa shape index (κ3) is 7.14. The first-order chi connectivity index (χ1) is 9.61. The van der Waals surface area contributed by atoms with E-state index in [0.29, 0.717) is 12.4 Å². The molecule has 112 valence electrons. The van der Waals surface area contributed by atoms with Gasteiger partial charge in [-0.15, -0.1) is 0 Å². The van der Waals surface area contributed by atoms with Crippen molar-refractivity contribution in [3.05, 3.63) is 29.7 Å². The Balaban J connectivity index is 2.27. The van der Waals surface area contributed by atoms with Crippen LogP contribution in [0.3, 0.4) is 0 Å². The molecule has 1 heterocycles. The van der Waals surface area contributed by atoms with Crippen LogP contribution < -0.4 is 0 Å². The van der Waals surface area contributed by atoms with Gasteiger partial charge in [0, 0.05) is 12.5 Å². The van der Waals surface area contributed by atoms with Crippen LogP contribution in [0.5, 0.6) is 0 Å². The first-order valence-corrected chi connectivity index (χ1v) is 7.23. The van der Waals surface area contributed by atoms with E-state index in [1.165, 1.54) is 6.08 Å². The summed E-state index contributed by atoms with van der Waals surface area (Å²) < 4.78 is 10.4. The maximum absolute atomic E-state index is 11.2. The number of aliphatic hydroxyl groups excluding tert-OH is 1. The van der Waals surface area contributed by atoms with Crippen molar-refractivity contribution in [2.45, 2.75) is 52.1 Å². The summed E-state index contributed by atoms with van der Waals surface area (Å²) in [6, 6.07) is 3.78. The summed E-state index contributed by atoms with van der Waals surface area (Å²) in [6.07, 6.45) is 7.68. The van der Waals surface area contributed by atoms with E-state index >= 15 is 0 Å². The Morgan fingerprint density at radius 3 is 2.90 bits per heavy atom. The molecule has 4 heteroatoms. The predicted molar refractivity (Wildman–Crippen MR) is 78.2 cm³/mol. The average Bonchev–Trinajstić information content (AvgIpc) is 2.84. The smallest absolute Gasteiger partial charge is 0.330 e. The highest BCUT2D eigenvalue weighted by Crippen LogP contribution is 2.14. The van der Waals surface area contributed by atoms with E-state index < -0.39 is 0 Å². The Morgan fingerprint density at radius 1 is 1.40 bits per heavy atom. The number of esters is 1. The maximum Gasteiger partial charge on any atom is 0.330 e. The van der Waals surface area contributed by atoms with Crippen LogP contribution in [0.2, 0.25) is 0 Å². The number of aliphatic hydroxyl groups is 1. The largest absolute Gasteiger partial charge is 0.463 e.